The minimum atomic E-state index is 0.441. The van der Waals surface area contributed by atoms with Crippen molar-refractivity contribution in [3.8, 4) is 0 Å². The molecule has 0 saturated carbocycles. The van der Waals surface area contributed by atoms with Crippen LogP contribution in [0, 0.1) is 5.41 Å². The zero-order chi connectivity index (χ0) is 6.86. The predicted octanol–water partition coefficient (Wildman–Crippen LogP) is 1.20. The van der Waals surface area contributed by atoms with Crippen molar-refractivity contribution in [2.75, 3.05) is 26.4 Å². The fraction of sp³-hybridized carbons (Fsp3) is 1.00. The van der Waals surface area contributed by atoms with Gasteiger partial charge in [-0.15, -0.1) is 0 Å². The third-order valence-electron chi connectivity index (χ3n) is 2.47. The van der Waals surface area contributed by atoms with Gasteiger partial charge in [0.15, 0.2) is 0 Å². The summed E-state index contributed by atoms with van der Waals surface area (Å²) in [5.41, 5.74) is 0.441. The number of ether oxygens (including phenoxy) is 2. The Kier molecular flexibility index (Phi) is 1.66. The second-order valence-electron chi connectivity index (χ2n) is 3.50. The van der Waals surface area contributed by atoms with Crippen LogP contribution in [0.2, 0.25) is 0 Å². The predicted molar refractivity (Wildman–Crippen MR) is 37.9 cm³/mol. The Morgan fingerprint density at radius 3 is 2.40 bits per heavy atom. The summed E-state index contributed by atoms with van der Waals surface area (Å²) < 4.78 is 10.7. The van der Waals surface area contributed by atoms with Gasteiger partial charge in [0.25, 0.3) is 0 Å². The first kappa shape index (κ1) is 6.62. The molecule has 1 spiro atoms. The molecule has 0 aromatic rings. The van der Waals surface area contributed by atoms with Crippen molar-refractivity contribution in [2.45, 2.75) is 19.3 Å². The molecule has 0 aromatic heterocycles. The summed E-state index contributed by atoms with van der Waals surface area (Å²) >= 11 is 0. The highest BCUT2D eigenvalue weighted by molar-refractivity contribution is 4.86. The van der Waals surface area contributed by atoms with Gasteiger partial charge in [0.2, 0.25) is 0 Å². The minimum absolute atomic E-state index is 0.441. The van der Waals surface area contributed by atoms with Crippen molar-refractivity contribution in [1.82, 2.24) is 0 Å². The second-order valence-corrected chi connectivity index (χ2v) is 3.50. The molecule has 58 valence electrons. The molecule has 2 rings (SSSR count). The van der Waals surface area contributed by atoms with Gasteiger partial charge >= 0.3 is 0 Å². The van der Waals surface area contributed by atoms with E-state index in [2.05, 4.69) is 0 Å². The molecule has 2 heterocycles. The molecule has 0 aliphatic carbocycles. The molecule has 0 radical (unpaired) electrons. The van der Waals surface area contributed by atoms with Gasteiger partial charge in [-0.05, 0) is 12.8 Å². The summed E-state index contributed by atoms with van der Waals surface area (Å²) in [4.78, 5) is 0. The van der Waals surface area contributed by atoms with E-state index in [4.69, 9.17) is 9.47 Å². The average molecular weight is 142 g/mol. The van der Waals surface area contributed by atoms with E-state index in [0.717, 1.165) is 26.4 Å². The molecule has 2 heteroatoms. The van der Waals surface area contributed by atoms with Gasteiger partial charge in [0.05, 0.1) is 19.8 Å². The Hall–Kier alpha value is -0.0800. The monoisotopic (exact) mass is 142 g/mol. The Morgan fingerprint density at radius 2 is 1.70 bits per heavy atom. The van der Waals surface area contributed by atoms with E-state index in [0.29, 0.717) is 5.41 Å². The lowest BCUT2D eigenvalue weighted by Crippen LogP contribution is -2.45. The van der Waals surface area contributed by atoms with Crippen LogP contribution in [0.5, 0.6) is 0 Å². The maximum absolute atomic E-state index is 5.47. The topological polar surface area (TPSA) is 18.5 Å². The SMILES string of the molecule is C1CCC2(COC1)COC2. The molecule has 2 saturated heterocycles. The van der Waals surface area contributed by atoms with E-state index in [1.807, 2.05) is 0 Å². The van der Waals surface area contributed by atoms with E-state index in [1.54, 1.807) is 0 Å². The molecule has 0 atom stereocenters. The normalized spacial score (nSPS) is 31.2. The molecule has 2 aliphatic rings. The molecule has 10 heavy (non-hydrogen) atoms. The first-order valence-corrected chi connectivity index (χ1v) is 4.07. The lowest BCUT2D eigenvalue weighted by Gasteiger charge is -2.40. The van der Waals surface area contributed by atoms with Crippen LogP contribution in [0.15, 0.2) is 0 Å². The fourth-order valence-electron chi connectivity index (χ4n) is 1.68. The molecule has 0 amide bonds. The highest BCUT2D eigenvalue weighted by Crippen LogP contribution is 2.35. The summed E-state index contributed by atoms with van der Waals surface area (Å²) in [7, 11) is 0. The molecule has 0 bridgehead atoms. The summed E-state index contributed by atoms with van der Waals surface area (Å²) in [5, 5.41) is 0. The van der Waals surface area contributed by atoms with Crippen LogP contribution in [0.3, 0.4) is 0 Å². The summed E-state index contributed by atoms with van der Waals surface area (Å²) in [6, 6.07) is 0. The molecule has 0 N–H and O–H groups in total. The van der Waals surface area contributed by atoms with Crippen LogP contribution >= 0.6 is 0 Å². The van der Waals surface area contributed by atoms with Crippen LogP contribution in [0.25, 0.3) is 0 Å². The highest BCUT2D eigenvalue weighted by atomic mass is 16.5. The van der Waals surface area contributed by atoms with Crippen molar-refractivity contribution < 1.29 is 9.47 Å². The Labute approximate surface area is 61.5 Å². The molecule has 0 unspecified atom stereocenters. The van der Waals surface area contributed by atoms with Crippen molar-refractivity contribution >= 4 is 0 Å². The van der Waals surface area contributed by atoms with Gasteiger partial charge in [0, 0.05) is 12.0 Å². The Morgan fingerprint density at radius 1 is 0.900 bits per heavy atom. The van der Waals surface area contributed by atoms with Crippen molar-refractivity contribution in [2.24, 2.45) is 5.41 Å². The van der Waals surface area contributed by atoms with E-state index in [9.17, 15) is 0 Å². The largest absolute Gasteiger partial charge is 0.381 e. The van der Waals surface area contributed by atoms with Gasteiger partial charge < -0.3 is 9.47 Å². The average Bonchev–Trinajstić information content (AvgIpc) is 2.08. The Bertz CT molecular complexity index is 108. The van der Waals surface area contributed by atoms with E-state index < -0.39 is 0 Å². The summed E-state index contributed by atoms with van der Waals surface area (Å²) in [6.07, 6.45) is 3.87. The molecular formula is C8H14O2. The molecule has 2 fully saturated rings. The van der Waals surface area contributed by atoms with Gasteiger partial charge in [-0.3, -0.25) is 0 Å². The Balaban J connectivity index is 1.92. The maximum Gasteiger partial charge on any atom is 0.0567 e. The quantitative estimate of drug-likeness (QED) is 0.506. The molecular weight excluding hydrogens is 128 g/mol. The standard InChI is InChI=1S/C8H14O2/c1-2-4-9-5-8(3-1)6-10-7-8/h1-7H2. The first-order valence-electron chi connectivity index (χ1n) is 4.07. The van der Waals surface area contributed by atoms with Crippen LogP contribution < -0.4 is 0 Å². The van der Waals surface area contributed by atoms with Crippen molar-refractivity contribution in [1.29, 1.82) is 0 Å². The maximum atomic E-state index is 5.47. The number of rotatable bonds is 0. The zero-order valence-corrected chi connectivity index (χ0v) is 6.27. The van der Waals surface area contributed by atoms with Gasteiger partial charge in [-0.2, -0.15) is 0 Å². The van der Waals surface area contributed by atoms with Gasteiger partial charge in [-0.25, -0.2) is 0 Å². The minimum Gasteiger partial charge on any atom is -0.381 e. The van der Waals surface area contributed by atoms with E-state index in [1.165, 1.54) is 19.3 Å². The number of hydrogen-bond donors (Lipinski definition) is 0. The third-order valence-corrected chi connectivity index (χ3v) is 2.47. The fourth-order valence-corrected chi connectivity index (χ4v) is 1.68. The first-order chi connectivity index (χ1) is 4.91. The van der Waals surface area contributed by atoms with Crippen molar-refractivity contribution in [3.05, 3.63) is 0 Å². The molecule has 2 nitrogen and oxygen atoms in total. The molecule has 0 aromatic carbocycles. The third kappa shape index (κ3) is 1.06. The van der Waals surface area contributed by atoms with Gasteiger partial charge in [0.1, 0.15) is 0 Å². The van der Waals surface area contributed by atoms with Crippen molar-refractivity contribution in [3.63, 3.8) is 0 Å². The lowest BCUT2D eigenvalue weighted by atomic mass is 9.82. The van der Waals surface area contributed by atoms with Crippen LogP contribution in [0.1, 0.15) is 19.3 Å². The zero-order valence-electron chi connectivity index (χ0n) is 6.27. The van der Waals surface area contributed by atoms with E-state index >= 15 is 0 Å². The molecule has 2 aliphatic heterocycles. The highest BCUT2D eigenvalue weighted by Gasteiger charge is 2.39. The smallest absolute Gasteiger partial charge is 0.0567 e. The van der Waals surface area contributed by atoms with Crippen LogP contribution in [-0.4, -0.2) is 26.4 Å². The number of hydrogen-bond acceptors (Lipinski definition) is 2. The van der Waals surface area contributed by atoms with E-state index in [-0.39, 0.29) is 0 Å². The summed E-state index contributed by atoms with van der Waals surface area (Å²) in [6.45, 7) is 3.77. The van der Waals surface area contributed by atoms with Crippen LogP contribution in [-0.2, 0) is 9.47 Å². The summed E-state index contributed by atoms with van der Waals surface area (Å²) in [5.74, 6) is 0. The van der Waals surface area contributed by atoms with Crippen LogP contribution in [0.4, 0.5) is 0 Å². The second kappa shape index (κ2) is 2.51. The van der Waals surface area contributed by atoms with Gasteiger partial charge in [-0.1, -0.05) is 6.42 Å². The lowest BCUT2D eigenvalue weighted by molar-refractivity contribution is -0.144.